The number of aromatic nitrogens is 3. The molecule has 0 aromatic carbocycles. The molecule has 1 unspecified atom stereocenters. The van der Waals surface area contributed by atoms with Crippen molar-refractivity contribution in [2.45, 2.75) is 72.0 Å². The van der Waals surface area contributed by atoms with E-state index in [4.69, 9.17) is 0 Å². The van der Waals surface area contributed by atoms with Gasteiger partial charge < -0.3 is 9.88 Å². The van der Waals surface area contributed by atoms with E-state index in [-0.39, 0.29) is 29.2 Å². The summed E-state index contributed by atoms with van der Waals surface area (Å²) in [5.74, 6) is 0.0878. The molecule has 9 heteroatoms. The van der Waals surface area contributed by atoms with Gasteiger partial charge in [0.1, 0.15) is 17.3 Å². The van der Waals surface area contributed by atoms with Crippen LogP contribution in [0.1, 0.15) is 71.4 Å². The van der Waals surface area contributed by atoms with Gasteiger partial charge in [-0.25, -0.2) is 14.8 Å². The highest BCUT2D eigenvalue weighted by atomic mass is 16.2. The summed E-state index contributed by atoms with van der Waals surface area (Å²) >= 11 is 0. The average molecular weight is 452 g/mol. The normalized spacial score (nSPS) is 19.8. The number of rotatable bonds is 5. The number of piperidine rings is 1. The topological polar surface area (TPSA) is 107 Å². The third kappa shape index (κ3) is 4.20. The number of urea groups is 1. The third-order valence-corrected chi connectivity index (χ3v) is 6.72. The second-order valence-corrected chi connectivity index (χ2v) is 10.5. The number of imide groups is 1. The van der Waals surface area contributed by atoms with Gasteiger partial charge in [0.25, 0.3) is 5.91 Å². The van der Waals surface area contributed by atoms with Crippen LogP contribution < -0.4 is 5.32 Å². The van der Waals surface area contributed by atoms with E-state index in [1.807, 2.05) is 13.0 Å². The Morgan fingerprint density at radius 3 is 2.58 bits per heavy atom. The maximum atomic E-state index is 13.0. The molecule has 2 aliphatic rings. The molecule has 176 valence electrons. The van der Waals surface area contributed by atoms with Crippen LogP contribution in [0.4, 0.5) is 4.79 Å². The minimum Gasteiger partial charge on any atom is -0.327 e. The van der Waals surface area contributed by atoms with Crippen LogP contribution in [-0.2, 0) is 11.3 Å². The highest BCUT2D eigenvalue weighted by molar-refractivity contribution is 6.07. The molecule has 4 rings (SSSR count). The molecule has 0 radical (unpaired) electrons. The van der Waals surface area contributed by atoms with Gasteiger partial charge in [0.05, 0.1) is 0 Å². The second kappa shape index (κ2) is 8.41. The quantitative estimate of drug-likeness (QED) is 0.700. The van der Waals surface area contributed by atoms with E-state index in [1.54, 1.807) is 6.20 Å². The van der Waals surface area contributed by atoms with Crippen LogP contribution in [0.25, 0.3) is 11.0 Å². The molecule has 2 saturated heterocycles. The molecular formula is C24H33N7O2. The van der Waals surface area contributed by atoms with E-state index >= 15 is 0 Å². The molecule has 2 fully saturated rings. The molecule has 33 heavy (non-hydrogen) atoms. The zero-order valence-electron chi connectivity index (χ0n) is 20.2. The van der Waals surface area contributed by atoms with Crippen molar-refractivity contribution < 1.29 is 9.59 Å². The Kier molecular flexibility index (Phi) is 5.91. The van der Waals surface area contributed by atoms with Gasteiger partial charge >= 0.3 is 6.03 Å². The standard InChI is InChI=1S/C24H33N7O2/c1-6-9-30-21(32)24(28-22(30)33)7-10-29(11-8-24)16(2)18-12-17-14-26-19(13-25)27-20(17)31(18)15-23(3,4)5/h12,14,16H,6-11,15H2,1-5H3,(H,28,33). The fourth-order valence-corrected chi connectivity index (χ4v) is 5.02. The molecule has 9 nitrogen and oxygen atoms in total. The molecule has 2 aliphatic heterocycles. The van der Waals surface area contributed by atoms with Crippen LogP contribution in [0, 0.1) is 16.7 Å². The summed E-state index contributed by atoms with van der Waals surface area (Å²) in [6.45, 7) is 13.3. The van der Waals surface area contributed by atoms with Crippen molar-refractivity contribution in [1.29, 1.82) is 5.26 Å². The van der Waals surface area contributed by atoms with Gasteiger partial charge in [-0.2, -0.15) is 5.26 Å². The SMILES string of the molecule is CCCN1C(=O)NC2(CCN(C(C)c3cc4cnc(C#N)nc4n3CC(C)(C)C)CC2)C1=O. The van der Waals surface area contributed by atoms with Crippen LogP contribution in [0.5, 0.6) is 0 Å². The monoisotopic (exact) mass is 451 g/mol. The summed E-state index contributed by atoms with van der Waals surface area (Å²) in [6.07, 6.45) is 3.67. The number of amides is 3. The lowest BCUT2D eigenvalue weighted by Gasteiger charge is -2.40. The number of nitriles is 1. The number of carbonyl (C=O) groups excluding carboxylic acids is 2. The van der Waals surface area contributed by atoms with Crippen LogP contribution >= 0.6 is 0 Å². The first-order valence-electron chi connectivity index (χ1n) is 11.7. The zero-order valence-corrected chi connectivity index (χ0v) is 20.2. The Hall–Kier alpha value is -2.99. The number of fused-ring (bicyclic) bond motifs is 1. The number of nitrogens with one attached hydrogen (secondary N) is 1. The lowest BCUT2D eigenvalue weighted by atomic mass is 9.86. The van der Waals surface area contributed by atoms with Crippen molar-refractivity contribution in [2.24, 2.45) is 5.41 Å². The van der Waals surface area contributed by atoms with E-state index < -0.39 is 5.54 Å². The lowest BCUT2D eigenvalue weighted by molar-refractivity contribution is -0.133. The lowest BCUT2D eigenvalue weighted by Crippen LogP contribution is -2.55. The summed E-state index contributed by atoms with van der Waals surface area (Å²) in [5.41, 5.74) is 1.15. The third-order valence-electron chi connectivity index (χ3n) is 6.72. The van der Waals surface area contributed by atoms with E-state index in [0.717, 1.165) is 29.7 Å². The van der Waals surface area contributed by atoms with E-state index in [0.29, 0.717) is 32.5 Å². The smallest absolute Gasteiger partial charge is 0.325 e. The molecule has 2 aromatic heterocycles. The molecule has 0 aliphatic carbocycles. The molecule has 1 spiro atoms. The highest BCUT2D eigenvalue weighted by Crippen LogP contribution is 2.35. The summed E-state index contributed by atoms with van der Waals surface area (Å²) in [4.78, 5) is 37.7. The number of likely N-dealkylation sites (tertiary alicyclic amines) is 1. The van der Waals surface area contributed by atoms with Crippen molar-refractivity contribution in [2.75, 3.05) is 19.6 Å². The molecular weight excluding hydrogens is 418 g/mol. The van der Waals surface area contributed by atoms with Crippen molar-refractivity contribution in [1.82, 2.24) is 29.7 Å². The minimum atomic E-state index is -0.770. The molecule has 0 saturated carbocycles. The zero-order chi connectivity index (χ0) is 24.0. The second-order valence-electron chi connectivity index (χ2n) is 10.5. The largest absolute Gasteiger partial charge is 0.327 e. The predicted octanol–water partition coefficient (Wildman–Crippen LogP) is 3.21. The van der Waals surface area contributed by atoms with Gasteiger partial charge in [-0.05, 0) is 37.7 Å². The Morgan fingerprint density at radius 1 is 1.27 bits per heavy atom. The summed E-state index contributed by atoms with van der Waals surface area (Å²) in [5, 5.41) is 13.2. The van der Waals surface area contributed by atoms with E-state index in [9.17, 15) is 14.9 Å². The highest BCUT2D eigenvalue weighted by Gasteiger charge is 2.52. The van der Waals surface area contributed by atoms with Gasteiger partial charge in [0, 0.05) is 49.5 Å². The Balaban J connectivity index is 1.59. The van der Waals surface area contributed by atoms with Crippen molar-refractivity contribution in [3.8, 4) is 6.07 Å². The number of hydrogen-bond donors (Lipinski definition) is 1. The molecule has 4 heterocycles. The molecule has 3 amide bonds. The molecule has 0 bridgehead atoms. The Bertz CT molecular complexity index is 1120. The number of nitrogens with zero attached hydrogens (tertiary/aromatic N) is 6. The van der Waals surface area contributed by atoms with Crippen molar-refractivity contribution in [3.63, 3.8) is 0 Å². The first-order chi connectivity index (χ1) is 15.6. The van der Waals surface area contributed by atoms with Gasteiger partial charge in [0.15, 0.2) is 0 Å². The van der Waals surface area contributed by atoms with Gasteiger partial charge in [0.2, 0.25) is 5.82 Å². The summed E-state index contributed by atoms with van der Waals surface area (Å²) < 4.78 is 2.21. The number of carbonyl (C=O) groups is 2. The fourth-order valence-electron chi connectivity index (χ4n) is 5.02. The first kappa shape index (κ1) is 23.2. The van der Waals surface area contributed by atoms with E-state index in [1.165, 1.54) is 4.90 Å². The molecule has 2 aromatic rings. The fraction of sp³-hybridized carbons (Fsp3) is 0.625. The van der Waals surface area contributed by atoms with Crippen LogP contribution in [-0.4, -0.2) is 61.4 Å². The van der Waals surface area contributed by atoms with Crippen LogP contribution in [0.2, 0.25) is 0 Å². The van der Waals surface area contributed by atoms with Crippen molar-refractivity contribution >= 4 is 23.0 Å². The number of hydrogen-bond acceptors (Lipinski definition) is 6. The predicted molar refractivity (Wildman–Crippen MR) is 124 cm³/mol. The van der Waals surface area contributed by atoms with Gasteiger partial charge in [-0.3, -0.25) is 14.6 Å². The van der Waals surface area contributed by atoms with E-state index in [2.05, 4.69) is 58.5 Å². The summed E-state index contributed by atoms with van der Waals surface area (Å²) in [7, 11) is 0. The van der Waals surface area contributed by atoms with Crippen LogP contribution in [0.15, 0.2) is 12.3 Å². The molecule has 1 N–H and O–H groups in total. The Morgan fingerprint density at radius 2 is 1.97 bits per heavy atom. The minimum absolute atomic E-state index is 0.0212. The maximum Gasteiger partial charge on any atom is 0.325 e. The first-order valence-corrected chi connectivity index (χ1v) is 11.7. The average Bonchev–Trinajstić information content (AvgIpc) is 3.22. The van der Waals surface area contributed by atoms with Crippen molar-refractivity contribution in [3.05, 3.63) is 23.8 Å². The van der Waals surface area contributed by atoms with Gasteiger partial charge in [-0.15, -0.1) is 0 Å². The van der Waals surface area contributed by atoms with Gasteiger partial charge in [-0.1, -0.05) is 27.7 Å². The maximum absolute atomic E-state index is 13.0. The van der Waals surface area contributed by atoms with Crippen LogP contribution in [0.3, 0.4) is 0 Å². The molecule has 1 atom stereocenters. The Labute approximate surface area is 194 Å². The summed E-state index contributed by atoms with van der Waals surface area (Å²) in [6, 6.07) is 3.98.